The van der Waals surface area contributed by atoms with E-state index in [1.807, 2.05) is 55.1 Å². The molecule has 0 spiro atoms. The van der Waals surface area contributed by atoms with Crippen LogP contribution >= 0.6 is 11.6 Å². The Labute approximate surface area is 199 Å². The molecule has 4 rings (SSSR count). The van der Waals surface area contributed by atoms with Crippen LogP contribution in [0.1, 0.15) is 28.2 Å². The summed E-state index contributed by atoms with van der Waals surface area (Å²) in [5, 5.41) is 3.23. The van der Waals surface area contributed by atoms with Gasteiger partial charge in [0.1, 0.15) is 0 Å². The number of para-hydroxylation sites is 1. The third-order valence-corrected chi connectivity index (χ3v) is 6.56. The van der Waals surface area contributed by atoms with E-state index in [1.165, 1.54) is 0 Å². The number of rotatable bonds is 7. The van der Waals surface area contributed by atoms with Gasteiger partial charge in [-0.05, 0) is 57.1 Å². The molecule has 33 heavy (non-hydrogen) atoms. The Balaban J connectivity index is 1.24. The molecule has 1 aromatic heterocycles. The van der Waals surface area contributed by atoms with Crippen molar-refractivity contribution in [3.8, 4) is 5.69 Å². The summed E-state index contributed by atoms with van der Waals surface area (Å²) >= 11 is 5.92. The number of aryl methyl sites for hydroxylation is 1. The lowest BCUT2D eigenvalue weighted by Gasteiger charge is -2.36. The van der Waals surface area contributed by atoms with Crippen molar-refractivity contribution in [2.75, 3.05) is 44.2 Å². The zero-order valence-electron chi connectivity index (χ0n) is 19.2. The van der Waals surface area contributed by atoms with Crippen LogP contribution in [-0.2, 0) is 0 Å². The van der Waals surface area contributed by atoms with Crippen molar-refractivity contribution in [1.82, 2.24) is 14.8 Å². The number of aromatic nitrogens is 1. The molecular weight excluding hydrogens is 439 g/mol. The molecule has 0 radical (unpaired) electrons. The molecule has 7 heteroatoms. The Morgan fingerprint density at radius 1 is 1.03 bits per heavy atom. The third-order valence-electron chi connectivity index (χ3n) is 6.27. The van der Waals surface area contributed by atoms with Crippen molar-refractivity contribution in [3.63, 3.8) is 0 Å². The molecule has 1 fully saturated rings. The number of nitrogens with one attached hydrogen (secondary N) is 1. The van der Waals surface area contributed by atoms with Crippen LogP contribution in [0, 0.1) is 19.7 Å². The predicted octanol–water partition coefficient (Wildman–Crippen LogP) is 4.83. The molecule has 2 heterocycles. The highest BCUT2D eigenvalue weighted by Gasteiger charge is 2.20. The highest BCUT2D eigenvalue weighted by Crippen LogP contribution is 2.26. The van der Waals surface area contributed by atoms with E-state index < -0.39 is 0 Å². The number of hydrogen-bond acceptors (Lipinski definition) is 3. The topological polar surface area (TPSA) is 40.5 Å². The smallest absolute Gasteiger partial charge is 0.253 e. The van der Waals surface area contributed by atoms with Crippen molar-refractivity contribution in [2.24, 2.45) is 0 Å². The van der Waals surface area contributed by atoms with Gasteiger partial charge < -0.3 is 14.8 Å². The Morgan fingerprint density at radius 2 is 1.76 bits per heavy atom. The van der Waals surface area contributed by atoms with Gasteiger partial charge >= 0.3 is 0 Å². The van der Waals surface area contributed by atoms with Gasteiger partial charge in [-0.2, -0.15) is 0 Å². The van der Waals surface area contributed by atoms with Crippen LogP contribution in [0.2, 0.25) is 5.02 Å². The maximum atomic E-state index is 14.3. The number of carbonyl (C=O) groups is 1. The van der Waals surface area contributed by atoms with Crippen molar-refractivity contribution >= 4 is 23.2 Å². The Morgan fingerprint density at radius 3 is 2.48 bits per heavy atom. The fraction of sp³-hybridized carbons (Fsp3) is 0.346. The normalized spacial score (nSPS) is 14.5. The van der Waals surface area contributed by atoms with Crippen molar-refractivity contribution < 1.29 is 9.18 Å². The Kier molecular flexibility index (Phi) is 7.36. The molecule has 1 saturated heterocycles. The summed E-state index contributed by atoms with van der Waals surface area (Å²) in [7, 11) is 0. The highest BCUT2D eigenvalue weighted by molar-refractivity contribution is 6.31. The zero-order chi connectivity index (χ0) is 23.4. The molecule has 1 amide bonds. The maximum absolute atomic E-state index is 14.3. The zero-order valence-corrected chi connectivity index (χ0v) is 19.9. The van der Waals surface area contributed by atoms with Crippen molar-refractivity contribution in [1.29, 1.82) is 0 Å². The lowest BCUT2D eigenvalue weighted by atomic mass is 10.2. The first-order chi connectivity index (χ1) is 16.0. The van der Waals surface area contributed by atoms with Gasteiger partial charge in [0, 0.05) is 49.8 Å². The number of amides is 1. The van der Waals surface area contributed by atoms with E-state index in [9.17, 15) is 9.18 Å². The Bertz CT molecular complexity index is 1110. The van der Waals surface area contributed by atoms with Gasteiger partial charge in [0.15, 0.2) is 5.82 Å². The average molecular weight is 469 g/mol. The summed E-state index contributed by atoms with van der Waals surface area (Å²) in [6.45, 7) is 8.76. The first kappa shape index (κ1) is 23.3. The van der Waals surface area contributed by atoms with Crippen LogP contribution < -0.4 is 10.2 Å². The fourth-order valence-corrected chi connectivity index (χ4v) is 4.69. The van der Waals surface area contributed by atoms with E-state index >= 15 is 0 Å². The van der Waals surface area contributed by atoms with Crippen LogP contribution in [0.25, 0.3) is 5.69 Å². The quantitative estimate of drug-likeness (QED) is 0.505. The van der Waals surface area contributed by atoms with E-state index in [0.29, 0.717) is 17.8 Å². The van der Waals surface area contributed by atoms with Gasteiger partial charge in [0.25, 0.3) is 5.91 Å². The maximum Gasteiger partial charge on any atom is 0.253 e. The van der Waals surface area contributed by atoms with Gasteiger partial charge in [-0.1, -0.05) is 35.9 Å². The second-order valence-corrected chi connectivity index (χ2v) is 8.87. The number of piperazine rings is 1. The first-order valence-electron chi connectivity index (χ1n) is 11.4. The number of nitrogens with zero attached hydrogens (tertiary/aromatic N) is 3. The van der Waals surface area contributed by atoms with Gasteiger partial charge in [0.05, 0.1) is 16.3 Å². The number of carbonyl (C=O) groups excluding carboxylic acids is 1. The summed E-state index contributed by atoms with van der Waals surface area (Å²) in [6.07, 6.45) is 0.870. The summed E-state index contributed by atoms with van der Waals surface area (Å²) in [4.78, 5) is 17.2. The number of hydrogen-bond donors (Lipinski definition) is 1. The van der Waals surface area contributed by atoms with Crippen molar-refractivity contribution in [3.05, 3.63) is 82.4 Å². The molecule has 3 aromatic rings. The van der Waals surface area contributed by atoms with Crippen LogP contribution in [0.5, 0.6) is 0 Å². The number of benzene rings is 2. The molecule has 1 aliphatic rings. The first-order valence-corrected chi connectivity index (χ1v) is 11.8. The SMILES string of the molecule is Cc1cc(C(=O)NCCCN2CCN(c3cccc(Cl)c3F)CC2)c(C)n1-c1ccccc1. The fourth-order valence-electron chi connectivity index (χ4n) is 4.52. The molecule has 0 bridgehead atoms. The van der Waals surface area contributed by atoms with E-state index in [4.69, 9.17) is 11.6 Å². The molecule has 0 saturated carbocycles. The standard InChI is InChI=1S/C26H30ClFN4O/c1-19-18-22(20(2)32(19)21-8-4-3-5-9-21)26(33)29-12-7-13-30-14-16-31(17-15-30)24-11-6-10-23(27)25(24)28/h3-6,8-11,18H,7,12-17H2,1-2H3,(H,29,33). The molecule has 1 N–H and O–H groups in total. The van der Waals surface area contributed by atoms with E-state index in [1.54, 1.807) is 18.2 Å². The minimum atomic E-state index is -0.345. The molecule has 0 unspecified atom stereocenters. The third kappa shape index (κ3) is 5.23. The number of anilines is 1. The predicted molar refractivity (Wildman–Crippen MR) is 132 cm³/mol. The summed E-state index contributed by atoms with van der Waals surface area (Å²) in [5.41, 5.74) is 4.33. The van der Waals surface area contributed by atoms with E-state index in [0.717, 1.165) is 56.2 Å². The van der Waals surface area contributed by atoms with Crippen LogP contribution in [0.15, 0.2) is 54.6 Å². The monoisotopic (exact) mass is 468 g/mol. The minimum Gasteiger partial charge on any atom is -0.367 e. The highest BCUT2D eigenvalue weighted by atomic mass is 35.5. The summed E-state index contributed by atoms with van der Waals surface area (Å²) in [5.74, 6) is -0.381. The van der Waals surface area contributed by atoms with Crippen LogP contribution in [-0.4, -0.2) is 54.6 Å². The van der Waals surface area contributed by atoms with Gasteiger partial charge in [0.2, 0.25) is 0 Å². The van der Waals surface area contributed by atoms with Crippen LogP contribution in [0.4, 0.5) is 10.1 Å². The molecule has 0 atom stereocenters. The lowest BCUT2D eigenvalue weighted by molar-refractivity contribution is 0.0951. The summed E-state index contributed by atoms with van der Waals surface area (Å²) < 4.78 is 16.4. The molecule has 5 nitrogen and oxygen atoms in total. The average Bonchev–Trinajstić information content (AvgIpc) is 3.13. The van der Waals surface area contributed by atoms with E-state index in [-0.39, 0.29) is 16.7 Å². The molecule has 174 valence electrons. The Hall–Kier alpha value is -2.83. The summed E-state index contributed by atoms with van der Waals surface area (Å²) in [6, 6.07) is 17.2. The van der Waals surface area contributed by atoms with Gasteiger partial charge in [-0.15, -0.1) is 0 Å². The second kappa shape index (κ2) is 10.4. The van der Waals surface area contributed by atoms with Gasteiger partial charge in [-0.25, -0.2) is 4.39 Å². The lowest BCUT2D eigenvalue weighted by Crippen LogP contribution is -2.47. The molecule has 1 aliphatic heterocycles. The largest absolute Gasteiger partial charge is 0.367 e. The molecule has 0 aliphatic carbocycles. The molecule has 2 aromatic carbocycles. The van der Waals surface area contributed by atoms with Crippen LogP contribution in [0.3, 0.4) is 0 Å². The van der Waals surface area contributed by atoms with Crippen molar-refractivity contribution in [2.45, 2.75) is 20.3 Å². The molecular formula is C26H30ClFN4O. The van der Waals surface area contributed by atoms with Gasteiger partial charge in [-0.3, -0.25) is 9.69 Å². The van der Waals surface area contributed by atoms with E-state index in [2.05, 4.69) is 14.8 Å². The minimum absolute atomic E-state index is 0.0356. The second-order valence-electron chi connectivity index (χ2n) is 8.47. The number of halogens is 2.